The van der Waals surface area contributed by atoms with Crippen LogP contribution in [0.15, 0.2) is 23.7 Å². The summed E-state index contributed by atoms with van der Waals surface area (Å²) < 4.78 is 79.0. The van der Waals surface area contributed by atoms with Gasteiger partial charge in [0.2, 0.25) is 10.0 Å². The second-order valence-electron chi connectivity index (χ2n) is 11.2. The summed E-state index contributed by atoms with van der Waals surface area (Å²) in [5, 5.41) is 0. The lowest BCUT2D eigenvalue weighted by Crippen LogP contribution is -2.51. The predicted molar refractivity (Wildman–Crippen MR) is 126 cm³/mol. The number of halogens is 3. The van der Waals surface area contributed by atoms with E-state index in [1.54, 1.807) is 0 Å². The van der Waals surface area contributed by atoms with Crippen molar-refractivity contribution in [3.63, 3.8) is 0 Å². The number of allylic oxidation sites excluding steroid dienone is 3. The molecule has 2 saturated heterocycles. The summed E-state index contributed by atoms with van der Waals surface area (Å²) in [6.07, 6.45) is -1.57. The molecule has 2 fully saturated rings. The minimum Gasteiger partial charge on any atom is -0.400 e. The zero-order chi connectivity index (χ0) is 25.5. The van der Waals surface area contributed by atoms with Gasteiger partial charge < -0.3 is 9.31 Å². The van der Waals surface area contributed by atoms with E-state index < -0.39 is 40.6 Å². The minimum atomic E-state index is -4.56. The highest BCUT2D eigenvalue weighted by Crippen LogP contribution is 2.40. The average Bonchev–Trinajstić information content (AvgIpc) is 2.86. The molecule has 0 spiro atoms. The normalized spacial score (nSPS) is 24.8. The maximum atomic E-state index is 13.4. The van der Waals surface area contributed by atoms with Gasteiger partial charge in [-0.1, -0.05) is 45.4 Å². The third-order valence-electron chi connectivity index (χ3n) is 6.94. The van der Waals surface area contributed by atoms with Gasteiger partial charge in [0.05, 0.1) is 17.0 Å². The summed E-state index contributed by atoms with van der Waals surface area (Å²) in [5.74, 6) is -0.363. The van der Waals surface area contributed by atoms with Gasteiger partial charge in [0, 0.05) is 6.54 Å². The Labute approximate surface area is 198 Å². The Kier molecular flexibility index (Phi) is 8.32. The van der Waals surface area contributed by atoms with Crippen molar-refractivity contribution in [3.05, 3.63) is 23.7 Å². The van der Waals surface area contributed by atoms with Crippen LogP contribution in [0.3, 0.4) is 0 Å². The van der Waals surface area contributed by atoms with Crippen LogP contribution in [0.2, 0.25) is 0 Å². The van der Waals surface area contributed by atoms with E-state index in [1.807, 2.05) is 54.5 Å². The van der Waals surface area contributed by atoms with Gasteiger partial charge in [-0.15, -0.1) is 0 Å². The van der Waals surface area contributed by atoms with Gasteiger partial charge in [-0.3, -0.25) is 0 Å². The van der Waals surface area contributed by atoms with Gasteiger partial charge >= 0.3 is 13.3 Å². The molecule has 0 saturated carbocycles. The van der Waals surface area contributed by atoms with Gasteiger partial charge in [-0.2, -0.15) is 17.5 Å². The molecule has 0 N–H and O–H groups in total. The number of nitrogens with zero attached hydrogens (tertiary/aromatic N) is 1. The van der Waals surface area contributed by atoms with Crippen molar-refractivity contribution >= 4 is 17.1 Å². The lowest BCUT2D eigenvalue weighted by Gasteiger charge is -2.35. The number of rotatable bonds is 7. The molecule has 0 bridgehead atoms. The highest BCUT2D eigenvalue weighted by atomic mass is 32.2. The van der Waals surface area contributed by atoms with Crippen molar-refractivity contribution in [1.82, 2.24) is 4.31 Å². The van der Waals surface area contributed by atoms with Crippen LogP contribution < -0.4 is 0 Å². The van der Waals surface area contributed by atoms with Crippen molar-refractivity contribution in [2.24, 2.45) is 5.41 Å². The maximum Gasteiger partial charge on any atom is 0.490 e. The summed E-state index contributed by atoms with van der Waals surface area (Å²) >= 11 is 0. The number of sulfonamides is 1. The van der Waals surface area contributed by atoms with Crippen LogP contribution in [0.5, 0.6) is 0 Å². The fraction of sp³-hybridized carbons (Fsp3) is 0.826. The summed E-state index contributed by atoms with van der Waals surface area (Å²) in [6.45, 7) is 17.8. The van der Waals surface area contributed by atoms with Crippen molar-refractivity contribution < 1.29 is 30.9 Å². The summed E-state index contributed by atoms with van der Waals surface area (Å²) in [7, 11) is -4.73. The molecule has 0 aliphatic carbocycles. The van der Waals surface area contributed by atoms with E-state index in [-0.39, 0.29) is 30.6 Å². The second kappa shape index (κ2) is 9.67. The Morgan fingerprint density at radius 1 is 1.12 bits per heavy atom. The van der Waals surface area contributed by atoms with Crippen LogP contribution in [0, 0.1) is 5.41 Å². The van der Waals surface area contributed by atoms with Crippen LogP contribution in [-0.4, -0.2) is 55.6 Å². The Morgan fingerprint density at radius 2 is 1.67 bits per heavy atom. The minimum absolute atomic E-state index is 0.0900. The molecule has 2 rings (SSSR count). The van der Waals surface area contributed by atoms with Gasteiger partial charge in [0.15, 0.2) is 0 Å². The first kappa shape index (κ1) is 28.4. The smallest absolute Gasteiger partial charge is 0.400 e. The topological polar surface area (TPSA) is 55.8 Å². The lowest BCUT2D eigenvalue weighted by atomic mass is 9.72. The first-order chi connectivity index (χ1) is 14.8. The number of alkyl halides is 3. The van der Waals surface area contributed by atoms with Crippen molar-refractivity contribution in [2.45, 2.75) is 104 Å². The molecule has 1 unspecified atom stereocenters. The Hall–Kier alpha value is -0.835. The number of hydrogen-bond acceptors (Lipinski definition) is 4. The van der Waals surface area contributed by atoms with E-state index in [2.05, 4.69) is 6.58 Å². The standard InChI is InChI=1S/C23H39BF3NO4S/c1-17(20(2,3)4)16-18(24-31-21(5,6)22(7,8)32-24)12-11-15-33(29,30)28-14-10-9-13-19(28)23(25,26)27/h16,19H,1,9-15H2,2-8H3/b18-16+. The van der Waals surface area contributed by atoms with Crippen molar-refractivity contribution in [1.29, 1.82) is 0 Å². The molecule has 2 aliphatic rings. The molecular formula is C23H39BF3NO4S. The van der Waals surface area contributed by atoms with Crippen LogP contribution >= 0.6 is 0 Å². The average molecular weight is 493 g/mol. The molecule has 0 aromatic heterocycles. The number of piperidine rings is 1. The van der Waals surface area contributed by atoms with Gasteiger partial charge in [0.25, 0.3) is 0 Å². The second-order valence-corrected chi connectivity index (χ2v) is 13.2. The Bertz CT molecular complexity index is 844. The molecule has 5 nitrogen and oxygen atoms in total. The highest BCUT2D eigenvalue weighted by Gasteiger charge is 2.52. The molecule has 0 amide bonds. The first-order valence-electron chi connectivity index (χ1n) is 11.6. The number of hydrogen-bond donors (Lipinski definition) is 0. The summed E-state index contributed by atoms with van der Waals surface area (Å²) in [4.78, 5) is 0. The maximum absolute atomic E-state index is 13.4. The van der Waals surface area contributed by atoms with Gasteiger partial charge in [-0.05, 0) is 64.3 Å². The van der Waals surface area contributed by atoms with Crippen LogP contribution in [0.1, 0.15) is 80.6 Å². The van der Waals surface area contributed by atoms with Gasteiger partial charge in [-0.25, -0.2) is 8.42 Å². The van der Waals surface area contributed by atoms with E-state index in [1.165, 1.54) is 0 Å². The highest BCUT2D eigenvalue weighted by molar-refractivity contribution is 7.89. The monoisotopic (exact) mass is 493 g/mol. The van der Waals surface area contributed by atoms with Crippen molar-refractivity contribution in [2.75, 3.05) is 12.3 Å². The van der Waals surface area contributed by atoms with E-state index in [4.69, 9.17) is 9.31 Å². The quantitative estimate of drug-likeness (QED) is 0.339. The summed E-state index contributed by atoms with van der Waals surface area (Å²) in [6, 6.07) is -1.94. The van der Waals surface area contributed by atoms with Crippen LogP contribution in [0.25, 0.3) is 0 Å². The molecule has 0 aromatic carbocycles. The third kappa shape index (κ3) is 6.86. The van der Waals surface area contributed by atoms with E-state index in [0.717, 1.165) is 11.0 Å². The van der Waals surface area contributed by atoms with E-state index in [0.29, 0.717) is 23.6 Å². The largest absolute Gasteiger partial charge is 0.490 e. The molecular weight excluding hydrogens is 454 g/mol. The third-order valence-corrected chi connectivity index (χ3v) is 8.89. The lowest BCUT2D eigenvalue weighted by molar-refractivity contribution is -0.177. The van der Waals surface area contributed by atoms with Crippen molar-refractivity contribution in [3.8, 4) is 0 Å². The molecule has 1 atom stereocenters. The van der Waals surface area contributed by atoms with Crippen LogP contribution in [0.4, 0.5) is 13.2 Å². The van der Waals surface area contributed by atoms with Crippen LogP contribution in [-0.2, 0) is 19.3 Å². The van der Waals surface area contributed by atoms with E-state index in [9.17, 15) is 21.6 Å². The predicted octanol–water partition coefficient (Wildman–Crippen LogP) is 5.67. The zero-order valence-electron chi connectivity index (χ0n) is 21.0. The fourth-order valence-corrected chi connectivity index (χ4v) is 5.60. The first-order valence-corrected chi connectivity index (χ1v) is 13.2. The molecule has 2 aliphatic heterocycles. The Morgan fingerprint density at radius 3 is 2.15 bits per heavy atom. The molecule has 0 aromatic rings. The zero-order valence-corrected chi connectivity index (χ0v) is 21.8. The molecule has 190 valence electrons. The molecule has 33 heavy (non-hydrogen) atoms. The Balaban J connectivity index is 2.19. The SMILES string of the molecule is C=C(/C=C(\CCCS(=O)(=O)N1CCCCC1C(F)(F)F)B1OC(C)(C)C(C)(C)O1)C(C)(C)C. The summed E-state index contributed by atoms with van der Waals surface area (Å²) in [5.41, 5.74) is 0.228. The molecule has 10 heteroatoms. The molecule has 2 heterocycles. The van der Waals surface area contributed by atoms with Gasteiger partial charge in [0.1, 0.15) is 6.04 Å². The molecule has 0 radical (unpaired) electrons. The van der Waals surface area contributed by atoms with E-state index >= 15 is 0 Å². The fourth-order valence-electron chi connectivity index (χ4n) is 3.83.